The minimum Gasteiger partial charge on any atom is -0.367 e. The number of anilines is 1. The van der Waals surface area contributed by atoms with Crippen molar-refractivity contribution in [3.05, 3.63) is 63.9 Å². The molecule has 0 aliphatic heterocycles. The van der Waals surface area contributed by atoms with E-state index in [1.165, 1.54) is 0 Å². The van der Waals surface area contributed by atoms with Gasteiger partial charge in [-0.05, 0) is 50.1 Å². The van der Waals surface area contributed by atoms with Gasteiger partial charge >= 0.3 is 0 Å². The standard InChI is InChI=1S/C21H20Cl2N6O/c1-13-27-28-20-19(26-17-6-2-3-7-18(17)29(13)20)24-8-4-5-9-25-21(30)14-10-15(22)12-16(23)11-14/h2-3,6-7,10-12H,4-5,8-9H2,1H3,(H,24,26)(H,25,30). The van der Waals surface area contributed by atoms with Gasteiger partial charge < -0.3 is 10.6 Å². The summed E-state index contributed by atoms with van der Waals surface area (Å²) in [6.07, 6.45) is 1.66. The van der Waals surface area contributed by atoms with Crippen molar-refractivity contribution in [3.63, 3.8) is 0 Å². The van der Waals surface area contributed by atoms with Crippen molar-refractivity contribution in [2.45, 2.75) is 19.8 Å². The zero-order valence-electron chi connectivity index (χ0n) is 16.3. The number of hydrogen-bond acceptors (Lipinski definition) is 5. The molecule has 7 nitrogen and oxygen atoms in total. The Morgan fingerprint density at radius 2 is 1.77 bits per heavy atom. The van der Waals surface area contributed by atoms with Crippen molar-refractivity contribution in [3.8, 4) is 0 Å². The highest BCUT2D eigenvalue weighted by atomic mass is 35.5. The van der Waals surface area contributed by atoms with Gasteiger partial charge in [0.25, 0.3) is 5.91 Å². The Bertz CT molecular complexity index is 1200. The van der Waals surface area contributed by atoms with Crippen LogP contribution in [-0.4, -0.2) is 38.6 Å². The van der Waals surface area contributed by atoms with Crippen LogP contribution in [-0.2, 0) is 0 Å². The lowest BCUT2D eigenvalue weighted by atomic mass is 10.2. The maximum Gasteiger partial charge on any atom is 0.251 e. The molecule has 0 bridgehead atoms. The summed E-state index contributed by atoms with van der Waals surface area (Å²) in [5, 5.41) is 15.6. The summed E-state index contributed by atoms with van der Waals surface area (Å²) in [6, 6.07) is 12.7. The molecule has 2 heterocycles. The molecule has 2 N–H and O–H groups in total. The topological polar surface area (TPSA) is 84.2 Å². The van der Waals surface area contributed by atoms with Gasteiger partial charge in [0.05, 0.1) is 11.0 Å². The highest BCUT2D eigenvalue weighted by Crippen LogP contribution is 2.21. The molecule has 0 aliphatic rings. The van der Waals surface area contributed by atoms with Crippen LogP contribution in [0.2, 0.25) is 10.0 Å². The van der Waals surface area contributed by atoms with Gasteiger partial charge in [-0.3, -0.25) is 9.20 Å². The summed E-state index contributed by atoms with van der Waals surface area (Å²) in [4.78, 5) is 16.9. The van der Waals surface area contributed by atoms with Crippen molar-refractivity contribution < 1.29 is 4.79 Å². The van der Waals surface area contributed by atoms with E-state index in [1.54, 1.807) is 18.2 Å². The quantitative estimate of drug-likeness (QED) is 0.411. The molecule has 2 aromatic heterocycles. The van der Waals surface area contributed by atoms with Crippen molar-refractivity contribution >= 4 is 51.6 Å². The first-order chi connectivity index (χ1) is 14.5. The van der Waals surface area contributed by atoms with Crippen LogP contribution < -0.4 is 10.6 Å². The molecule has 0 saturated carbocycles. The lowest BCUT2D eigenvalue weighted by molar-refractivity contribution is 0.0953. The Labute approximate surface area is 183 Å². The smallest absolute Gasteiger partial charge is 0.251 e. The lowest BCUT2D eigenvalue weighted by Gasteiger charge is -2.10. The minimum atomic E-state index is -0.191. The van der Waals surface area contributed by atoms with Gasteiger partial charge in [-0.2, -0.15) is 0 Å². The summed E-state index contributed by atoms with van der Waals surface area (Å²) in [7, 11) is 0. The second kappa shape index (κ2) is 8.85. The number of aryl methyl sites for hydroxylation is 1. The number of rotatable bonds is 7. The second-order valence-electron chi connectivity index (χ2n) is 6.90. The molecule has 0 aliphatic carbocycles. The van der Waals surface area contributed by atoms with Gasteiger partial charge in [-0.15, -0.1) is 10.2 Å². The SMILES string of the molecule is Cc1nnc2c(NCCCCNC(=O)c3cc(Cl)cc(Cl)c3)nc3ccccc3n12. The van der Waals surface area contributed by atoms with Crippen LogP contribution >= 0.6 is 23.2 Å². The molecule has 0 atom stereocenters. The fourth-order valence-electron chi connectivity index (χ4n) is 3.29. The first-order valence-electron chi connectivity index (χ1n) is 9.61. The number of para-hydroxylation sites is 2. The molecule has 0 unspecified atom stereocenters. The average Bonchev–Trinajstić information content (AvgIpc) is 3.12. The normalized spacial score (nSPS) is 11.2. The molecule has 9 heteroatoms. The van der Waals surface area contributed by atoms with Gasteiger partial charge in [-0.25, -0.2) is 4.98 Å². The molecule has 154 valence electrons. The van der Waals surface area contributed by atoms with Crippen LogP contribution in [0.25, 0.3) is 16.7 Å². The van der Waals surface area contributed by atoms with E-state index in [0.717, 1.165) is 29.7 Å². The third-order valence-corrected chi connectivity index (χ3v) is 5.13. The molecule has 4 aromatic rings. The zero-order valence-corrected chi connectivity index (χ0v) is 17.8. The largest absolute Gasteiger partial charge is 0.367 e. The van der Waals surface area contributed by atoms with Crippen LogP contribution in [0.15, 0.2) is 42.5 Å². The highest BCUT2D eigenvalue weighted by Gasteiger charge is 2.12. The number of aromatic nitrogens is 4. The van der Waals surface area contributed by atoms with Crippen LogP contribution in [0.1, 0.15) is 29.0 Å². The van der Waals surface area contributed by atoms with E-state index in [-0.39, 0.29) is 5.91 Å². The van der Waals surface area contributed by atoms with Crippen LogP contribution in [0.4, 0.5) is 5.82 Å². The molecule has 0 radical (unpaired) electrons. The van der Waals surface area contributed by atoms with Gasteiger partial charge in [0.1, 0.15) is 5.82 Å². The van der Waals surface area contributed by atoms with E-state index >= 15 is 0 Å². The number of hydrogen-bond donors (Lipinski definition) is 2. The number of nitrogens with one attached hydrogen (secondary N) is 2. The predicted molar refractivity (Wildman–Crippen MR) is 120 cm³/mol. The van der Waals surface area contributed by atoms with E-state index in [9.17, 15) is 4.79 Å². The monoisotopic (exact) mass is 442 g/mol. The van der Waals surface area contributed by atoms with E-state index in [4.69, 9.17) is 23.2 Å². The molecular weight excluding hydrogens is 423 g/mol. The summed E-state index contributed by atoms with van der Waals surface area (Å²) in [5.74, 6) is 1.33. The minimum absolute atomic E-state index is 0.191. The van der Waals surface area contributed by atoms with E-state index in [0.29, 0.717) is 40.2 Å². The zero-order chi connectivity index (χ0) is 21.1. The van der Waals surface area contributed by atoms with E-state index in [2.05, 4.69) is 25.8 Å². The molecule has 30 heavy (non-hydrogen) atoms. The first-order valence-corrected chi connectivity index (χ1v) is 10.4. The summed E-state index contributed by atoms with van der Waals surface area (Å²) in [6.45, 7) is 3.17. The Balaban J connectivity index is 1.32. The maximum atomic E-state index is 12.2. The molecule has 1 amide bonds. The number of carbonyl (C=O) groups is 1. The Morgan fingerprint density at radius 1 is 1.03 bits per heavy atom. The predicted octanol–water partition coefficient (Wildman–Crippen LogP) is 4.51. The van der Waals surface area contributed by atoms with Crippen LogP contribution in [0, 0.1) is 6.92 Å². The van der Waals surface area contributed by atoms with Crippen LogP contribution in [0.5, 0.6) is 0 Å². The number of nitrogens with zero attached hydrogens (tertiary/aromatic N) is 4. The number of fused-ring (bicyclic) bond motifs is 3. The Kier molecular flexibility index (Phi) is 6.01. The van der Waals surface area contributed by atoms with E-state index in [1.807, 2.05) is 35.6 Å². The number of unbranched alkanes of at least 4 members (excludes halogenated alkanes) is 1. The summed E-state index contributed by atoms with van der Waals surface area (Å²) >= 11 is 11.9. The van der Waals surface area contributed by atoms with Gasteiger partial charge in [0, 0.05) is 28.7 Å². The van der Waals surface area contributed by atoms with Crippen LogP contribution in [0.3, 0.4) is 0 Å². The second-order valence-corrected chi connectivity index (χ2v) is 7.78. The molecule has 0 saturated heterocycles. The summed E-state index contributed by atoms with van der Waals surface area (Å²) < 4.78 is 2.00. The van der Waals surface area contributed by atoms with Crippen molar-refractivity contribution in [2.24, 2.45) is 0 Å². The molecule has 0 fully saturated rings. The van der Waals surface area contributed by atoms with Gasteiger partial charge in [0.2, 0.25) is 5.65 Å². The fraction of sp³-hybridized carbons (Fsp3) is 0.238. The molecule has 0 spiro atoms. The number of halogens is 2. The van der Waals surface area contributed by atoms with Crippen molar-refractivity contribution in [1.29, 1.82) is 0 Å². The molecule has 2 aromatic carbocycles. The van der Waals surface area contributed by atoms with Crippen molar-refractivity contribution in [2.75, 3.05) is 18.4 Å². The Morgan fingerprint density at radius 3 is 2.57 bits per heavy atom. The van der Waals surface area contributed by atoms with Gasteiger partial charge in [0.15, 0.2) is 5.82 Å². The Hall–Kier alpha value is -2.90. The van der Waals surface area contributed by atoms with Crippen molar-refractivity contribution in [1.82, 2.24) is 24.9 Å². The van der Waals surface area contributed by atoms with E-state index < -0.39 is 0 Å². The first kappa shape index (κ1) is 20.4. The highest BCUT2D eigenvalue weighted by molar-refractivity contribution is 6.35. The average molecular weight is 443 g/mol. The number of amides is 1. The third-order valence-electron chi connectivity index (χ3n) is 4.70. The molecule has 4 rings (SSSR count). The summed E-state index contributed by atoms with van der Waals surface area (Å²) in [5.41, 5.74) is 3.01. The maximum absolute atomic E-state index is 12.2. The number of benzene rings is 2. The third kappa shape index (κ3) is 4.32. The lowest BCUT2D eigenvalue weighted by Crippen LogP contribution is -2.24. The van der Waals surface area contributed by atoms with Gasteiger partial charge in [-0.1, -0.05) is 35.3 Å². The fourth-order valence-corrected chi connectivity index (χ4v) is 3.81. The number of carbonyl (C=O) groups excluding carboxylic acids is 1. The molecular formula is C21H20Cl2N6O.